The highest BCUT2D eigenvalue weighted by atomic mass is 16.5. The highest BCUT2D eigenvalue weighted by Crippen LogP contribution is 2.17. The van der Waals surface area contributed by atoms with Crippen molar-refractivity contribution >= 4 is 11.2 Å². The number of nitrogens with zero attached hydrogens (tertiary/aromatic N) is 3. The van der Waals surface area contributed by atoms with Crippen molar-refractivity contribution in [1.29, 1.82) is 0 Å². The normalized spacial score (nSPS) is 11.0. The number of benzene rings is 1. The molecule has 2 heterocycles. The summed E-state index contributed by atoms with van der Waals surface area (Å²) in [5, 5.41) is 0. The Labute approximate surface area is 136 Å². The lowest BCUT2D eigenvalue weighted by atomic mass is 10.3. The van der Waals surface area contributed by atoms with Crippen LogP contribution in [0.25, 0.3) is 11.2 Å². The monoisotopic (exact) mass is 310 g/mol. The first-order valence-electron chi connectivity index (χ1n) is 7.97. The first-order valence-corrected chi connectivity index (χ1v) is 7.97. The lowest BCUT2D eigenvalue weighted by Crippen LogP contribution is -2.12. The maximum atomic E-state index is 5.79. The minimum Gasteiger partial charge on any atom is -0.493 e. The molecule has 2 aromatic heterocycles. The molecule has 0 aliphatic carbocycles. The first-order chi connectivity index (χ1) is 11.3. The molecule has 0 aliphatic rings. The van der Waals surface area contributed by atoms with Gasteiger partial charge in [0.2, 0.25) is 0 Å². The molecule has 0 spiro atoms. The number of nitrogens with two attached hydrogens (primary N) is 1. The van der Waals surface area contributed by atoms with Gasteiger partial charge < -0.3 is 15.0 Å². The topological polar surface area (TPSA) is 66.0 Å². The third kappa shape index (κ3) is 3.68. The molecular formula is C18H22N4O. The molecule has 0 radical (unpaired) electrons. The van der Waals surface area contributed by atoms with Gasteiger partial charge in [0.25, 0.3) is 0 Å². The molecule has 120 valence electrons. The zero-order chi connectivity index (χ0) is 16.1. The van der Waals surface area contributed by atoms with Crippen molar-refractivity contribution in [1.82, 2.24) is 14.5 Å². The summed E-state index contributed by atoms with van der Waals surface area (Å²) in [5.41, 5.74) is 8.65. The van der Waals surface area contributed by atoms with Gasteiger partial charge in [-0.25, -0.2) is 9.97 Å². The molecule has 0 unspecified atom stereocenters. The van der Waals surface area contributed by atoms with Crippen LogP contribution in [-0.2, 0) is 13.0 Å². The molecule has 0 aliphatic heterocycles. The fraction of sp³-hybridized carbons (Fsp3) is 0.333. The van der Waals surface area contributed by atoms with E-state index < -0.39 is 0 Å². The van der Waals surface area contributed by atoms with E-state index in [1.807, 2.05) is 43.5 Å². The van der Waals surface area contributed by atoms with Crippen LogP contribution in [0.3, 0.4) is 0 Å². The number of aryl methyl sites for hydroxylation is 2. The number of para-hydroxylation sites is 1. The lowest BCUT2D eigenvalue weighted by molar-refractivity contribution is 0.317. The SMILES string of the molecule is Cc1cnc2c(c1)nc(CCOc1ccccc1)n2CCCN. The lowest BCUT2D eigenvalue weighted by Gasteiger charge is -2.09. The largest absolute Gasteiger partial charge is 0.493 e. The summed E-state index contributed by atoms with van der Waals surface area (Å²) in [6.07, 6.45) is 3.54. The molecule has 1 aromatic carbocycles. The van der Waals surface area contributed by atoms with Crippen LogP contribution in [0, 0.1) is 6.92 Å². The Morgan fingerprint density at radius 3 is 2.83 bits per heavy atom. The molecule has 0 amide bonds. The molecule has 0 fully saturated rings. The van der Waals surface area contributed by atoms with Gasteiger partial charge in [-0.1, -0.05) is 18.2 Å². The van der Waals surface area contributed by atoms with Gasteiger partial charge in [-0.3, -0.25) is 0 Å². The number of fused-ring (bicyclic) bond motifs is 1. The maximum absolute atomic E-state index is 5.79. The van der Waals surface area contributed by atoms with E-state index in [4.69, 9.17) is 15.5 Å². The van der Waals surface area contributed by atoms with E-state index >= 15 is 0 Å². The van der Waals surface area contributed by atoms with Crippen LogP contribution in [0.2, 0.25) is 0 Å². The summed E-state index contributed by atoms with van der Waals surface area (Å²) in [5.74, 6) is 1.88. The third-order valence-corrected chi connectivity index (χ3v) is 3.72. The van der Waals surface area contributed by atoms with Crippen molar-refractivity contribution in [3.63, 3.8) is 0 Å². The molecule has 0 bridgehead atoms. The van der Waals surface area contributed by atoms with E-state index in [1.54, 1.807) is 0 Å². The van der Waals surface area contributed by atoms with Gasteiger partial charge in [-0.05, 0) is 43.7 Å². The summed E-state index contributed by atoms with van der Waals surface area (Å²) in [4.78, 5) is 9.28. The molecular weight excluding hydrogens is 288 g/mol. The third-order valence-electron chi connectivity index (χ3n) is 3.72. The molecule has 0 saturated carbocycles. The number of aromatic nitrogens is 3. The second-order valence-electron chi connectivity index (χ2n) is 5.59. The van der Waals surface area contributed by atoms with Gasteiger partial charge in [-0.15, -0.1) is 0 Å². The number of rotatable bonds is 7. The molecule has 5 nitrogen and oxygen atoms in total. The number of pyridine rings is 1. The Morgan fingerprint density at radius 1 is 1.22 bits per heavy atom. The fourth-order valence-electron chi connectivity index (χ4n) is 2.61. The highest BCUT2D eigenvalue weighted by molar-refractivity contribution is 5.72. The van der Waals surface area contributed by atoms with Crippen molar-refractivity contribution in [2.75, 3.05) is 13.2 Å². The molecule has 0 atom stereocenters. The Bertz CT molecular complexity index is 767. The molecule has 0 saturated heterocycles. The van der Waals surface area contributed by atoms with Crippen molar-refractivity contribution in [3.05, 3.63) is 54.0 Å². The van der Waals surface area contributed by atoms with Crippen LogP contribution in [0.5, 0.6) is 5.75 Å². The Balaban J connectivity index is 1.78. The quantitative estimate of drug-likeness (QED) is 0.728. The summed E-state index contributed by atoms with van der Waals surface area (Å²) in [6, 6.07) is 11.9. The van der Waals surface area contributed by atoms with Crippen molar-refractivity contribution in [2.45, 2.75) is 26.3 Å². The van der Waals surface area contributed by atoms with Crippen LogP contribution in [0.1, 0.15) is 17.8 Å². The first kappa shape index (κ1) is 15.5. The minimum atomic E-state index is 0.592. The second-order valence-corrected chi connectivity index (χ2v) is 5.59. The average molecular weight is 310 g/mol. The van der Waals surface area contributed by atoms with Gasteiger partial charge >= 0.3 is 0 Å². The van der Waals surface area contributed by atoms with Gasteiger partial charge in [0.05, 0.1) is 6.61 Å². The van der Waals surface area contributed by atoms with Crippen LogP contribution >= 0.6 is 0 Å². The van der Waals surface area contributed by atoms with E-state index in [1.165, 1.54) is 0 Å². The molecule has 5 heteroatoms. The van der Waals surface area contributed by atoms with E-state index in [0.29, 0.717) is 13.2 Å². The van der Waals surface area contributed by atoms with Gasteiger partial charge in [0.15, 0.2) is 5.65 Å². The zero-order valence-corrected chi connectivity index (χ0v) is 13.4. The number of hydrogen-bond acceptors (Lipinski definition) is 4. The summed E-state index contributed by atoms with van der Waals surface area (Å²) in [6.45, 7) is 4.12. The zero-order valence-electron chi connectivity index (χ0n) is 13.4. The Morgan fingerprint density at radius 2 is 2.04 bits per heavy atom. The smallest absolute Gasteiger partial charge is 0.160 e. The number of imidazole rings is 1. The maximum Gasteiger partial charge on any atom is 0.160 e. The van der Waals surface area contributed by atoms with Crippen molar-refractivity contribution in [2.24, 2.45) is 5.73 Å². The molecule has 3 aromatic rings. The minimum absolute atomic E-state index is 0.592. The van der Waals surface area contributed by atoms with Crippen LogP contribution < -0.4 is 10.5 Å². The summed E-state index contributed by atoms with van der Waals surface area (Å²) < 4.78 is 7.95. The van der Waals surface area contributed by atoms with Crippen LogP contribution in [0.15, 0.2) is 42.6 Å². The van der Waals surface area contributed by atoms with Gasteiger partial charge in [-0.2, -0.15) is 0 Å². The van der Waals surface area contributed by atoms with Gasteiger partial charge in [0, 0.05) is 19.2 Å². The van der Waals surface area contributed by atoms with E-state index in [2.05, 4.69) is 15.6 Å². The molecule has 23 heavy (non-hydrogen) atoms. The molecule has 3 rings (SSSR count). The highest BCUT2D eigenvalue weighted by Gasteiger charge is 2.12. The Kier molecular flexibility index (Phi) is 4.88. The second kappa shape index (κ2) is 7.24. The van der Waals surface area contributed by atoms with Crippen LogP contribution in [0.4, 0.5) is 0 Å². The van der Waals surface area contributed by atoms with Gasteiger partial charge in [0.1, 0.15) is 17.1 Å². The average Bonchev–Trinajstić information content (AvgIpc) is 2.90. The van der Waals surface area contributed by atoms with E-state index in [-0.39, 0.29) is 0 Å². The van der Waals surface area contributed by atoms with Crippen molar-refractivity contribution < 1.29 is 4.74 Å². The predicted octanol–water partition coefficient (Wildman–Crippen LogP) is 2.71. The van der Waals surface area contributed by atoms with E-state index in [0.717, 1.165) is 47.7 Å². The summed E-state index contributed by atoms with van der Waals surface area (Å²) >= 11 is 0. The summed E-state index contributed by atoms with van der Waals surface area (Å²) in [7, 11) is 0. The standard InChI is InChI=1S/C18H22N4O/c1-14-12-16-18(20-13-14)22(10-5-9-19)17(21-16)8-11-23-15-6-3-2-4-7-15/h2-4,6-7,12-13H,5,8-11,19H2,1H3. The fourth-order valence-corrected chi connectivity index (χ4v) is 2.61. The Hall–Kier alpha value is -2.40. The molecule has 2 N–H and O–H groups in total. The van der Waals surface area contributed by atoms with Crippen LogP contribution in [-0.4, -0.2) is 27.7 Å². The predicted molar refractivity (Wildman–Crippen MR) is 91.6 cm³/mol. The number of ether oxygens (including phenoxy) is 1. The number of hydrogen-bond donors (Lipinski definition) is 1. The van der Waals surface area contributed by atoms with Crippen molar-refractivity contribution in [3.8, 4) is 5.75 Å². The van der Waals surface area contributed by atoms with E-state index in [9.17, 15) is 0 Å².